The normalized spacial score (nSPS) is 16.0. The zero-order valence-corrected chi connectivity index (χ0v) is 11.4. The van der Waals surface area contributed by atoms with Crippen LogP contribution in [0.3, 0.4) is 0 Å². The lowest BCUT2D eigenvalue weighted by atomic mass is 9.99. The summed E-state index contributed by atoms with van der Waals surface area (Å²) in [7, 11) is 0. The van der Waals surface area contributed by atoms with Gasteiger partial charge in [-0.2, -0.15) is 0 Å². The van der Waals surface area contributed by atoms with E-state index < -0.39 is 6.10 Å². The average Bonchev–Trinajstić information content (AvgIpc) is 2.47. The van der Waals surface area contributed by atoms with Crippen LogP contribution in [0.4, 0.5) is 0 Å². The molecule has 0 heterocycles. The fraction of sp³-hybridized carbons (Fsp3) is 0.412. The molecule has 0 radical (unpaired) electrons. The van der Waals surface area contributed by atoms with Gasteiger partial charge in [-0.1, -0.05) is 30.0 Å². The van der Waals surface area contributed by atoms with Gasteiger partial charge in [0, 0.05) is 0 Å². The molecule has 1 N–H and O–H groups in total. The van der Waals surface area contributed by atoms with Gasteiger partial charge in [0.25, 0.3) is 0 Å². The van der Waals surface area contributed by atoms with E-state index in [0.29, 0.717) is 6.61 Å². The Balaban J connectivity index is 2.01. The van der Waals surface area contributed by atoms with Crippen LogP contribution in [0.5, 0.6) is 5.75 Å². The number of rotatable bonds is 3. The van der Waals surface area contributed by atoms with E-state index in [9.17, 15) is 5.11 Å². The van der Waals surface area contributed by atoms with Crippen LogP contribution in [-0.4, -0.2) is 11.7 Å². The van der Waals surface area contributed by atoms with E-state index in [0.717, 1.165) is 29.7 Å². The number of hydrogen-bond acceptors (Lipinski definition) is 2. The quantitative estimate of drug-likeness (QED) is 0.837. The van der Waals surface area contributed by atoms with Gasteiger partial charge in [-0.15, -0.1) is 0 Å². The van der Waals surface area contributed by atoms with Crippen LogP contribution in [0, 0.1) is 11.8 Å². The van der Waals surface area contributed by atoms with Gasteiger partial charge in [0.1, 0.15) is 11.9 Å². The molecule has 1 aromatic carbocycles. The molecule has 0 saturated heterocycles. The van der Waals surface area contributed by atoms with Gasteiger partial charge < -0.3 is 9.84 Å². The topological polar surface area (TPSA) is 29.5 Å². The van der Waals surface area contributed by atoms with Crippen molar-refractivity contribution >= 4 is 0 Å². The minimum absolute atomic E-state index is 0.649. The maximum Gasteiger partial charge on any atom is 0.140 e. The summed E-state index contributed by atoms with van der Waals surface area (Å²) in [6.45, 7) is 2.60. The third-order valence-electron chi connectivity index (χ3n) is 3.17. The van der Waals surface area contributed by atoms with E-state index in [1.807, 2.05) is 31.2 Å². The Hall–Kier alpha value is -1.72. The molecule has 1 aliphatic rings. The van der Waals surface area contributed by atoms with Crippen LogP contribution < -0.4 is 4.74 Å². The molecule has 0 aliphatic heterocycles. The third kappa shape index (κ3) is 4.15. The Kier molecular flexibility index (Phi) is 5.06. The highest BCUT2D eigenvalue weighted by Crippen LogP contribution is 2.19. The van der Waals surface area contributed by atoms with E-state index in [1.165, 1.54) is 12.8 Å². The van der Waals surface area contributed by atoms with E-state index in [1.54, 1.807) is 0 Å². The van der Waals surface area contributed by atoms with E-state index in [2.05, 4.69) is 17.9 Å². The molecule has 0 spiro atoms. The van der Waals surface area contributed by atoms with Crippen molar-refractivity contribution in [2.45, 2.75) is 38.7 Å². The monoisotopic (exact) mass is 256 g/mol. The number of hydrogen-bond donors (Lipinski definition) is 1. The predicted octanol–water partition coefficient (Wildman–Crippen LogP) is 3.62. The minimum Gasteiger partial charge on any atom is -0.494 e. The fourth-order valence-electron chi connectivity index (χ4n) is 2.11. The molecule has 1 atom stereocenters. The molecule has 0 aromatic heterocycles. The molecule has 2 heteroatoms. The van der Waals surface area contributed by atoms with Crippen LogP contribution in [-0.2, 0) is 0 Å². The number of allylic oxidation sites excluding steroid dienone is 2. The van der Waals surface area contributed by atoms with Crippen molar-refractivity contribution in [3.63, 3.8) is 0 Å². The number of aliphatic hydroxyl groups excluding tert-OH is 1. The molecule has 19 heavy (non-hydrogen) atoms. The first-order valence-electron chi connectivity index (χ1n) is 6.91. The lowest BCUT2D eigenvalue weighted by molar-refractivity contribution is 0.238. The molecule has 0 fully saturated rings. The lowest BCUT2D eigenvalue weighted by Gasteiger charge is -2.08. The van der Waals surface area contributed by atoms with Crippen molar-refractivity contribution in [3.8, 4) is 17.6 Å². The van der Waals surface area contributed by atoms with E-state index in [4.69, 9.17) is 4.74 Å². The number of ether oxygens (including phenoxy) is 1. The van der Waals surface area contributed by atoms with Gasteiger partial charge in [0.05, 0.1) is 6.61 Å². The van der Waals surface area contributed by atoms with Crippen LogP contribution >= 0.6 is 0 Å². The molecular weight excluding hydrogens is 236 g/mol. The third-order valence-corrected chi connectivity index (χ3v) is 3.17. The molecule has 0 amide bonds. The molecule has 1 aromatic rings. The fourth-order valence-corrected chi connectivity index (χ4v) is 2.11. The van der Waals surface area contributed by atoms with E-state index >= 15 is 0 Å². The van der Waals surface area contributed by atoms with Gasteiger partial charge in [-0.05, 0) is 55.9 Å². The van der Waals surface area contributed by atoms with Crippen molar-refractivity contribution in [1.29, 1.82) is 0 Å². The molecule has 2 rings (SSSR count). The van der Waals surface area contributed by atoms with E-state index in [-0.39, 0.29) is 0 Å². The molecule has 100 valence electrons. The Bertz CT molecular complexity index is 488. The van der Waals surface area contributed by atoms with Crippen molar-refractivity contribution in [2.24, 2.45) is 0 Å². The molecule has 2 nitrogen and oxygen atoms in total. The molecule has 1 unspecified atom stereocenters. The summed E-state index contributed by atoms with van der Waals surface area (Å²) < 4.78 is 5.37. The summed E-state index contributed by atoms with van der Waals surface area (Å²) >= 11 is 0. The van der Waals surface area contributed by atoms with Gasteiger partial charge in [-0.3, -0.25) is 0 Å². The van der Waals surface area contributed by atoms with Gasteiger partial charge in [0.2, 0.25) is 0 Å². The maximum atomic E-state index is 10.0. The standard InChI is InChI=1S/C17H20O2/c1-2-19-16-11-9-15(10-12-16)17(18)13-8-14-6-4-3-5-7-14/h6,9-12,17-18H,2-5,7H2,1H3. The summed E-state index contributed by atoms with van der Waals surface area (Å²) in [6, 6.07) is 7.45. The SMILES string of the molecule is CCOc1ccc(C(O)C#CC2=CCCCC2)cc1. The van der Waals surface area contributed by atoms with Crippen LogP contribution in [0.15, 0.2) is 35.9 Å². The summed E-state index contributed by atoms with van der Waals surface area (Å²) in [5.41, 5.74) is 1.98. The highest BCUT2D eigenvalue weighted by molar-refractivity contribution is 5.36. The Labute approximate surface area is 115 Å². The zero-order valence-electron chi connectivity index (χ0n) is 11.4. The second-order valence-electron chi connectivity index (χ2n) is 4.65. The lowest BCUT2D eigenvalue weighted by Crippen LogP contribution is -1.96. The minimum atomic E-state index is -0.724. The van der Waals surface area contributed by atoms with Gasteiger partial charge >= 0.3 is 0 Å². The van der Waals surface area contributed by atoms with Crippen LogP contribution in [0.1, 0.15) is 44.3 Å². The Morgan fingerprint density at radius 2 is 2.05 bits per heavy atom. The molecule has 1 aliphatic carbocycles. The number of benzene rings is 1. The molecular formula is C17H20O2. The van der Waals surface area contributed by atoms with Gasteiger partial charge in [-0.25, -0.2) is 0 Å². The highest BCUT2D eigenvalue weighted by Gasteiger charge is 2.05. The zero-order chi connectivity index (χ0) is 13.5. The second kappa shape index (κ2) is 7.01. The largest absolute Gasteiger partial charge is 0.494 e. The van der Waals surface area contributed by atoms with Crippen molar-refractivity contribution < 1.29 is 9.84 Å². The van der Waals surface area contributed by atoms with Crippen molar-refractivity contribution in [1.82, 2.24) is 0 Å². The van der Waals surface area contributed by atoms with Crippen LogP contribution in [0.2, 0.25) is 0 Å². The average molecular weight is 256 g/mol. The summed E-state index contributed by atoms with van der Waals surface area (Å²) in [5.74, 6) is 6.83. The Morgan fingerprint density at radius 1 is 1.26 bits per heavy atom. The van der Waals surface area contributed by atoms with Gasteiger partial charge in [0.15, 0.2) is 0 Å². The summed E-state index contributed by atoms with van der Waals surface area (Å²) in [6.07, 6.45) is 6.08. The van der Waals surface area contributed by atoms with Crippen molar-refractivity contribution in [3.05, 3.63) is 41.5 Å². The highest BCUT2D eigenvalue weighted by atomic mass is 16.5. The summed E-state index contributed by atoms with van der Waals surface area (Å²) in [4.78, 5) is 0. The smallest absolute Gasteiger partial charge is 0.140 e. The van der Waals surface area contributed by atoms with Crippen LogP contribution in [0.25, 0.3) is 0 Å². The number of aliphatic hydroxyl groups is 1. The first kappa shape index (κ1) is 13.7. The predicted molar refractivity (Wildman–Crippen MR) is 76.9 cm³/mol. The first-order valence-corrected chi connectivity index (χ1v) is 6.91. The first-order chi connectivity index (χ1) is 9.29. The molecule has 0 bridgehead atoms. The Morgan fingerprint density at radius 3 is 2.68 bits per heavy atom. The maximum absolute atomic E-state index is 10.0. The van der Waals surface area contributed by atoms with Crippen molar-refractivity contribution in [2.75, 3.05) is 6.61 Å². The molecule has 0 saturated carbocycles. The second-order valence-corrected chi connectivity index (χ2v) is 4.65. The summed E-state index contributed by atoms with van der Waals surface area (Å²) in [5, 5.41) is 10.0.